The summed E-state index contributed by atoms with van der Waals surface area (Å²) in [4.78, 5) is 22.4. The Balaban J connectivity index is 1.43. The lowest BCUT2D eigenvalue weighted by molar-refractivity contribution is -0.137. The van der Waals surface area contributed by atoms with Crippen LogP contribution in [-0.2, 0) is 14.8 Å². The zero-order valence-electron chi connectivity index (χ0n) is 19.8. The average molecular weight is 479 g/mol. The molecule has 2 atom stereocenters. The smallest absolute Gasteiger partial charge is 0.242 e. The van der Waals surface area contributed by atoms with Crippen LogP contribution < -0.4 is 0 Å². The summed E-state index contributed by atoms with van der Waals surface area (Å²) in [5.74, 6) is 6.23. The van der Waals surface area contributed by atoms with Crippen LogP contribution >= 0.6 is 0 Å². The molecule has 0 saturated carbocycles. The predicted molar refractivity (Wildman–Crippen MR) is 133 cm³/mol. The van der Waals surface area contributed by atoms with Gasteiger partial charge < -0.3 is 4.90 Å². The van der Waals surface area contributed by atoms with Crippen LogP contribution in [0.2, 0.25) is 0 Å². The lowest BCUT2D eigenvalue weighted by atomic mass is 9.91. The molecular weight excluding hydrogens is 448 g/mol. The number of fused-ring (bicyclic) bond motifs is 1. The molecule has 0 aliphatic carbocycles. The molecule has 1 fully saturated rings. The Hall–Kier alpha value is -2.99. The Kier molecular flexibility index (Phi) is 7.17. The summed E-state index contributed by atoms with van der Waals surface area (Å²) in [7, 11) is -0.471. The third-order valence-electron chi connectivity index (χ3n) is 6.45. The maximum atomic E-state index is 13.4. The van der Waals surface area contributed by atoms with E-state index in [9.17, 15) is 13.2 Å². The summed E-state index contributed by atoms with van der Waals surface area (Å²) in [5, 5.41) is 0. The van der Waals surface area contributed by atoms with Gasteiger partial charge in [0.1, 0.15) is 6.67 Å². The summed E-state index contributed by atoms with van der Waals surface area (Å²) >= 11 is 0. The number of amides is 1. The normalized spacial score (nSPS) is 19.8. The maximum absolute atomic E-state index is 13.4. The van der Waals surface area contributed by atoms with E-state index in [4.69, 9.17) is 4.99 Å². The molecule has 1 saturated heterocycles. The van der Waals surface area contributed by atoms with Crippen LogP contribution in [-0.4, -0.2) is 74.5 Å². The van der Waals surface area contributed by atoms with Crippen LogP contribution in [0.15, 0.2) is 64.5 Å². The summed E-state index contributed by atoms with van der Waals surface area (Å²) in [5.41, 5.74) is 2.85. The third kappa shape index (κ3) is 5.07. The van der Waals surface area contributed by atoms with E-state index in [2.05, 4.69) is 16.7 Å². The number of aliphatic imine (C=N–C) groups is 1. The molecule has 2 aliphatic rings. The Labute approximate surface area is 202 Å². The number of likely N-dealkylation sites (tertiary alicyclic amines) is 1. The summed E-state index contributed by atoms with van der Waals surface area (Å²) in [6.45, 7) is 4.37. The first kappa shape index (κ1) is 24.1. The number of rotatable bonds is 5. The fourth-order valence-electron chi connectivity index (χ4n) is 4.29. The molecule has 2 heterocycles. The van der Waals surface area contributed by atoms with E-state index in [1.165, 1.54) is 18.4 Å². The van der Waals surface area contributed by atoms with E-state index in [1.807, 2.05) is 37.3 Å². The van der Waals surface area contributed by atoms with Crippen molar-refractivity contribution in [1.82, 2.24) is 14.1 Å². The molecule has 4 rings (SSSR count). The van der Waals surface area contributed by atoms with Gasteiger partial charge in [0, 0.05) is 38.5 Å². The van der Waals surface area contributed by atoms with Gasteiger partial charge in [-0.3, -0.25) is 14.7 Å². The van der Waals surface area contributed by atoms with Crippen molar-refractivity contribution in [1.29, 1.82) is 0 Å². The third-order valence-corrected chi connectivity index (χ3v) is 8.28. The highest BCUT2D eigenvalue weighted by Crippen LogP contribution is 2.29. The molecule has 2 aromatic carbocycles. The van der Waals surface area contributed by atoms with Crippen LogP contribution in [0.3, 0.4) is 0 Å². The van der Waals surface area contributed by atoms with Gasteiger partial charge in [0.15, 0.2) is 0 Å². The monoisotopic (exact) mass is 478 g/mol. The molecule has 0 spiro atoms. The number of carbonyl (C=O) groups is 1. The van der Waals surface area contributed by atoms with Gasteiger partial charge in [-0.25, -0.2) is 12.7 Å². The minimum Gasteiger partial charge on any atom is -0.316 e. The highest BCUT2D eigenvalue weighted by atomic mass is 32.2. The fourth-order valence-corrected chi connectivity index (χ4v) is 5.19. The first-order valence-corrected chi connectivity index (χ1v) is 12.8. The lowest BCUT2D eigenvalue weighted by Crippen LogP contribution is -2.52. The van der Waals surface area contributed by atoms with E-state index < -0.39 is 10.0 Å². The van der Waals surface area contributed by atoms with Crippen molar-refractivity contribution >= 4 is 21.6 Å². The van der Waals surface area contributed by atoms with Crippen molar-refractivity contribution in [2.45, 2.75) is 24.3 Å². The number of carbonyl (C=O) groups excluding carboxylic acids is 1. The molecule has 0 radical (unpaired) electrons. The summed E-state index contributed by atoms with van der Waals surface area (Å²) < 4.78 is 25.9. The molecule has 2 aromatic rings. The van der Waals surface area contributed by atoms with Crippen molar-refractivity contribution in [2.24, 2.45) is 10.9 Å². The number of hydrogen-bond donors (Lipinski definition) is 0. The second-order valence-electron chi connectivity index (χ2n) is 8.84. The number of benzene rings is 2. The zero-order chi connectivity index (χ0) is 24.3. The summed E-state index contributed by atoms with van der Waals surface area (Å²) in [6.07, 6.45) is 0.780. The van der Waals surface area contributed by atoms with Gasteiger partial charge in [-0.15, -0.1) is 0 Å². The van der Waals surface area contributed by atoms with Gasteiger partial charge in [0.05, 0.1) is 23.4 Å². The predicted octanol–water partition coefficient (Wildman–Crippen LogP) is 2.61. The molecule has 0 bridgehead atoms. The molecule has 2 unspecified atom stereocenters. The molecule has 34 heavy (non-hydrogen) atoms. The minimum absolute atomic E-state index is 0.0724. The van der Waals surface area contributed by atoms with Crippen molar-refractivity contribution in [3.63, 3.8) is 0 Å². The highest BCUT2D eigenvalue weighted by Gasteiger charge is 2.38. The average Bonchev–Trinajstić information content (AvgIpc) is 2.85. The van der Waals surface area contributed by atoms with Crippen molar-refractivity contribution in [3.8, 4) is 11.8 Å². The lowest BCUT2D eigenvalue weighted by Gasteiger charge is -2.40. The van der Waals surface area contributed by atoms with E-state index in [0.717, 1.165) is 29.8 Å². The second-order valence-corrected chi connectivity index (χ2v) is 11.0. The highest BCUT2D eigenvalue weighted by molar-refractivity contribution is 7.89. The van der Waals surface area contributed by atoms with Crippen LogP contribution in [0.5, 0.6) is 0 Å². The van der Waals surface area contributed by atoms with E-state index >= 15 is 0 Å². The first-order chi connectivity index (χ1) is 16.3. The van der Waals surface area contributed by atoms with E-state index in [1.54, 1.807) is 29.2 Å². The zero-order valence-corrected chi connectivity index (χ0v) is 20.6. The molecule has 0 N–H and O–H groups in total. The topological polar surface area (TPSA) is 73.3 Å². The van der Waals surface area contributed by atoms with Gasteiger partial charge in [-0.2, -0.15) is 0 Å². The van der Waals surface area contributed by atoms with E-state index in [-0.39, 0.29) is 22.8 Å². The van der Waals surface area contributed by atoms with E-state index in [0.29, 0.717) is 19.8 Å². The van der Waals surface area contributed by atoms with Crippen LogP contribution in [0, 0.1) is 17.8 Å². The van der Waals surface area contributed by atoms with Crippen LogP contribution in [0.25, 0.3) is 0 Å². The molecule has 0 aromatic heterocycles. The molecule has 1 amide bonds. The number of hydrogen-bond acceptors (Lipinski definition) is 5. The molecule has 8 heteroatoms. The number of nitrogens with zero attached hydrogens (tertiary/aromatic N) is 4. The van der Waals surface area contributed by atoms with Gasteiger partial charge in [0.25, 0.3) is 0 Å². The van der Waals surface area contributed by atoms with Crippen LogP contribution in [0.1, 0.15) is 30.5 Å². The fraction of sp³-hybridized carbons (Fsp3) is 0.385. The van der Waals surface area contributed by atoms with Gasteiger partial charge >= 0.3 is 0 Å². The molecule has 178 valence electrons. The standard InChI is InChI=1S/C26H30N4O3S/c1-20(22-11-13-23(14-12-22)34(32,33)28(2)3)30-19-27-25-15-17-29(18-24(25)26(30)31)16-7-10-21-8-5-4-6-9-21/h4-6,8-9,11-14,20,24H,15-19H2,1-3H3. The SMILES string of the molecule is CC(c1ccc(S(=O)(=O)N(C)C)cc1)N1CN=C2CCN(CC#Cc3ccccc3)CC2C1=O. The summed E-state index contributed by atoms with van der Waals surface area (Å²) in [6, 6.07) is 16.4. The molecule has 7 nitrogen and oxygen atoms in total. The first-order valence-electron chi connectivity index (χ1n) is 11.4. The Morgan fingerprint density at radius 3 is 2.50 bits per heavy atom. The number of sulfonamides is 1. The van der Waals surface area contributed by atoms with Crippen LogP contribution in [0.4, 0.5) is 0 Å². The van der Waals surface area contributed by atoms with Crippen molar-refractivity contribution in [2.75, 3.05) is 40.4 Å². The van der Waals surface area contributed by atoms with Crippen molar-refractivity contribution in [3.05, 3.63) is 65.7 Å². The largest absolute Gasteiger partial charge is 0.316 e. The molecule has 2 aliphatic heterocycles. The van der Waals surface area contributed by atoms with Gasteiger partial charge in [-0.05, 0) is 43.2 Å². The number of piperidine rings is 1. The quantitative estimate of drug-likeness (QED) is 0.620. The Morgan fingerprint density at radius 1 is 1.12 bits per heavy atom. The van der Waals surface area contributed by atoms with Gasteiger partial charge in [-0.1, -0.05) is 42.2 Å². The van der Waals surface area contributed by atoms with Gasteiger partial charge in [0.2, 0.25) is 15.9 Å². The van der Waals surface area contributed by atoms with Crippen molar-refractivity contribution < 1.29 is 13.2 Å². The minimum atomic E-state index is -3.49. The Bertz CT molecular complexity index is 1230. The Morgan fingerprint density at radius 2 is 1.82 bits per heavy atom. The molecular formula is C26H30N4O3S. The maximum Gasteiger partial charge on any atom is 0.242 e. The second kappa shape index (κ2) is 10.1.